The summed E-state index contributed by atoms with van der Waals surface area (Å²) >= 11 is 0. The van der Waals surface area contributed by atoms with Gasteiger partial charge in [-0.25, -0.2) is 14.4 Å². The molecule has 6 rings (SSSR count). The SMILES string of the molecule is COC[C@H]1CCc2nnc(-c3cccc(NC(=O)c4cc(-n5cnc(C6CC6)c5)c(C)cc4F)n3)n21. The highest BCUT2D eigenvalue weighted by Crippen LogP contribution is 2.39. The summed E-state index contributed by atoms with van der Waals surface area (Å²) in [6.07, 6.45) is 7.71. The minimum atomic E-state index is -0.592. The molecule has 36 heavy (non-hydrogen) atoms. The molecule has 4 heterocycles. The van der Waals surface area contributed by atoms with Crippen LogP contribution < -0.4 is 5.32 Å². The number of methoxy groups -OCH3 is 1. The Balaban J connectivity index is 1.27. The number of aromatic nitrogens is 6. The molecule has 10 heteroatoms. The molecular formula is C26H26FN7O2. The first-order chi connectivity index (χ1) is 17.5. The topological polar surface area (TPSA) is 99.8 Å². The lowest BCUT2D eigenvalue weighted by atomic mass is 10.1. The number of imidazole rings is 1. The number of nitrogens with one attached hydrogen (secondary N) is 1. The van der Waals surface area contributed by atoms with Crippen LogP contribution in [0.25, 0.3) is 17.2 Å². The summed E-state index contributed by atoms with van der Waals surface area (Å²) in [7, 11) is 1.67. The molecule has 2 aliphatic rings. The summed E-state index contributed by atoms with van der Waals surface area (Å²) in [6.45, 7) is 2.37. The second-order valence-electron chi connectivity index (χ2n) is 9.42. The minimum absolute atomic E-state index is 0.0620. The number of carbonyl (C=O) groups is 1. The number of nitrogens with zero attached hydrogens (tertiary/aromatic N) is 6. The van der Waals surface area contributed by atoms with Crippen molar-refractivity contribution in [2.45, 2.75) is 44.6 Å². The Morgan fingerprint density at radius 2 is 2.08 bits per heavy atom. The van der Waals surface area contributed by atoms with Gasteiger partial charge in [0.05, 0.1) is 35.9 Å². The number of hydrogen-bond donors (Lipinski definition) is 1. The molecule has 4 aromatic rings. The van der Waals surface area contributed by atoms with Crippen LogP contribution in [0.15, 0.2) is 42.9 Å². The lowest BCUT2D eigenvalue weighted by Crippen LogP contribution is -2.16. The molecule has 1 atom stereocenters. The van der Waals surface area contributed by atoms with E-state index in [9.17, 15) is 9.18 Å². The third kappa shape index (κ3) is 4.07. The molecule has 0 radical (unpaired) electrons. The fraction of sp³-hybridized carbons (Fsp3) is 0.346. The molecule has 0 spiro atoms. The predicted octanol–water partition coefficient (Wildman–Crippen LogP) is 4.24. The number of rotatable bonds is 7. The van der Waals surface area contributed by atoms with Crippen LogP contribution in [-0.4, -0.2) is 48.9 Å². The lowest BCUT2D eigenvalue weighted by Gasteiger charge is -2.14. The zero-order chi connectivity index (χ0) is 24.8. The molecule has 1 saturated carbocycles. The van der Waals surface area contributed by atoms with Crippen LogP contribution in [0.4, 0.5) is 10.2 Å². The van der Waals surface area contributed by atoms with Gasteiger partial charge >= 0.3 is 0 Å². The first-order valence-corrected chi connectivity index (χ1v) is 12.1. The van der Waals surface area contributed by atoms with Crippen molar-refractivity contribution in [2.24, 2.45) is 0 Å². The largest absolute Gasteiger partial charge is 0.383 e. The molecule has 1 aromatic carbocycles. The highest BCUT2D eigenvalue weighted by atomic mass is 19.1. The van der Waals surface area contributed by atoms with E-state index in [1.54, 1.807) is 31.6 Å². The number of benzene rings is 1. The second-order valence-corrected chi connectivity index (χ2v) is 9.42. The summed E-state index contributed by atoms with van der Waals surface area (Å²) in [4.78, 5) is 22.2. The minimum Gasteiger partial charge on any atom is -0.383 e. The average molecular weight is 488 g/mol. The standard InChI is InChI=1S/C26H26FN7O2/c1-15-10-19(27)18(11-22(15)33-12-21(28-14-33)16-6-7-16)26(35)30-23-5-3-4-20(29-23)25-32-31-24-9-8-17(13-36-2)34(24)25/h3-5,10-12,14,16-17H,6-9,13H2,1-2H3,(H,29,30,35)/t17-/m1/s1. The summed E-state index contributed by atoms with van der Waals surface area (Å²) in [6, 6.07) is 8.33. The van der Waals surface area contributed by atoms with Crippen molar-refractivity contribution in [3.05, 3.63) is 71.3 Å². The van der Waals surface area contributed by atoms with Crippen LogP contribution in [0.3, 0.4) is 0 Å². The molecule has 184 valence electrons. The molecule has 1 aliphatic carbocycles. The number of pyridine rings is 1. The van der Waals surface area contributed by atoms with E-state index in [2.05, 4.69) is 25.5 Å². The van der Waals surface area contributed by atoms with Crippen LogP contribution >= 0.6 is 0 Å². The quantitative estimate of drug-likeness (QED) is 0.419. The zero-order valence-corrected chi connectivity index (χ0v) is 20.1. The van der Waals surface area contributed by atoms with Crippen molar-refractivity contribution in [3.63, 3.8) is 0 Å². The van der Waals surface area contributed by atoms with Crippen molar-refractivity contribution in [2.75, 3.05) is 19.0 Å². The van der Waals surface area contributed by atoms with Crippen LogP contribution in [0.5, 0.6) is 0 Å². The molecule has 1 N–H and O–H groups in total. The van der Waals surface area contributed by atoms with Gasteiger partial charge in [-0.15, -0.1) is 10.2 Å². The molecule has 0 bridgehead atoms. The van der Waals surface area contributed by atoms with Crippen LogP contribution in [0.2, 0.25) is 0 Å². The number of aryl methyl sites for hydroxylation is 2. The van der Waals surface area contributed by atoms with Gasteiger partial charge in [0.25, 0.3) is 5.91 Å². The Labute approximate surface area is 207 Å². The van der Waals surface area contributed by atoms with Crippen molar-refractivity contribution < 1.29 is 13.9 Å². The lowest BCUT2D eigenvalue weighted by molar-refractivity contribution is 0.102. The van der Waals surface area contributed by atoms with Gasteiger partial charge in [-0.2, -0.15) is 0 Å². The maximum Gasteiger partial charge on any atom is 0.259 e. The Bertz CT molecular complexity index is 1460. The number of carbonyl (C=O) groups excluding carboxylic acids is 1. The van der Waals surface area contributed by atoms with Gasteiger partial charge < -0.3 is 19.2 Å². The summed E-state index contributed by atoms with van der Waals surface area (Å²) < 4.78 is 24.1. The second kappa shape index (κ2) is 8.94. The number of hydrogen-bond acceptors (Lipinski definition) is 6. The van der Waals surface area contributed by atoms with Gasteiger partial charge in [0.2, 0.25) is 0 Å². The molecular weight excluding hydrogens is 461 g/mol. The van der Waals surface area contributed by atoms with Crippen molar-refractivity contribution in [1.29, 1.82) is 0 Å². The fourth-order valence-electron chi connectivity index (χ4n) is 4.81. The molecule has 1 amide bonds. The first kappa shape index (κ1) is 22.5. The van der Waals surface area contributed by atoms with Gasteiger partial charge in [-0.05, 0) is 56.0 Å². The van der Waals surface area contributed by atoms with Crippen LogP contribution in [0, 0.1) is 12.7 Å². The van der Waals surface area contributed by atoms with Crippen LogP contribution in [-0.2, 0) is 11.2 Å². The Morgan fingerprint density at radius 1 is 1.22 bits per heavy atom. The number of halogens is 1. The Hall–Kier alpha value is -3.92. The monoisotopic (exact) mass is 487 g/mol. The normalized spacial score (nSPS) is 16.8. The van der Waals surface area contributed by atoms with E-state index in [-0.39, 0.29) is 11.6 Å². The molecule has 1 fully saturated rings. The molecule has 0 saturated heterocycles. The average Bonchev–Trinajstić information content (AvgIpc) is 3.25. The van der Waals surface area contributed by atoms with E-state index < -0.39 is 11.7 Å². The molecule has 1 aliphatic heterocycles. The maximum atomic E-state index is 14.9. The molecule has 0 unspecified atom stereocenters. The van der Waals surface area contributed by atoms with E-state index in [0.717, 1.165) is 42.8 Å². The number of amides is 1. The maximum absolute atomic E-state index is 14.9. The first-order valence-electron chi connectivity index (χ1n) is 12.1. The van der Waals surface area contributed by atoms with E-state index in [4.69, 9.17) is 4.74 Å². The van der Waals surface area contributed by atoms with Crippen molar-refractivity contribution in [1.82, 2.24) is 29.3 Å². The van der Waals surface area contributed by atoms with E-state index in [0.29, 0.717) is 35.5 Å². The van der Waals surface area contributed by atoms with E-state index in [1.165, 1.54) is 6.07 Å². The number of fused-ring (bicyclic) bond motifs is 1. The van der Waals surface area contributed by atoms with Crippen LogP contribution in [0.1, 0.15) is 58.7 Å². The van der Waals surface area contributed by atoms with Gasteiger partial charge in [0.15, 0.2) is 5.82 Å². The third-order valence-electron chi connectivity index (χ3n) is 6.82. The van der Waals surface area contributed by atoms with E-state index >= 15 is 0 Å². The van der Waals surface area contributed by atoms with Gasteiger partial charge in [-0.1, -0.05) is 6.07 Å². The zero-order valence-electron chi connectivity index (χ0n) is 20.1. The Morgan fingerprint density at radius 3 is 2.89 bits per heavy atom. The summed E-state index contributed by atoms with van der Waals surface area (Å²) in [5.41, 5.74) is 2.97. The Kier molecular flexibility index (Phi) is 5.60. The van der Waals surface area contributed by atoms with Crippen molar-refractivity contribution in [3.8, 4) is 17.2 Å². The smallest absolute Gasteiger partial charge is 0.259 e. The highest BCUT2D eigenvalue weighted by Gasteiger charge is 2.29. The van der Waals surface area contributed by atoms with Gasteiger partial charge in [0.1, 0.15) is 23.2 Å². The van der Waals surface area contributed by atoms with Gasteiger partial charge in [0, 0.05) is 25.6 Å². The number of anilines is 1. The summed E-state index contributed by atoms with van der Waals surface area (Å²) in [5.74, 6) is 1.15. The van der Waals surface area contributed by atoms with Gasteiger partial charge in [-0.3, -0.25) is 4.79 Å². The third-order valence-corrected chi connectivity index (χ3v) is 6.82. The summed E-state index contributed by atoms with van der Waals surface area (Å²) in [5, 5.41) is 11.4. The highest BCUT2D eigenvalue weighted by molar-refractivity contribution is 6.04. The number of ether oxygens (including phenoxy) is 1. The fourth-order valence-corrected chi connectivity index (χ4v) is 4.81. The van der Waals surface area contributed by atoms with E-state index in [1.807, 2.05) is 28.3 Å². The molecule has 3 aromatic heterocycles. The predicted molar refractivity (Wildman–Crippen MR) is 131 cm³/mol. The van der Waals surface area contributed by atoms with Crippen molar-refractivity contribution >= 4 is 11.7 Å². The molecule has 9 nitrogen and oxygen atoms in total.